The highest BCUT2D eigenvalue weighted by atomic mass is 14.9. The van der Waals surface area contributed by atoms with Gasteiger partial charge in [0.25, 0.3) is 0 Å². The molecular weight excluding hydrogens is 611 g/mol. The smallest absolute Gasteiger partial charge is 0.160 e. The van der Waals surface area contributed by atoms with Gasteiger partial charge in [0.1, 0.15) is 0 Å². The van der Waals surface area contributed by atoms with Gasteiger partial charge in [-0.25, -0.2) is 15.0 Å². The molecular formula is C45H29N5. The van der Waals surface area contributed by atoms with Crippen molar-refractivity contribution in [2.45, 2.75) is 0 Å². The van der Waals surface area contributed by atoms with E-state index in [0.29, 0.717) is 5.82 Å². The Morgan fingerprint density at radius 2 is 1.00 bits per heavy atom. The van der Waals surface area contributed by atoms with E-state index in [1.807, 2.05) is 54.9 Å². The molecule has 5 nitrogen and oxygen atoms in total. The molecule has 0 amide bonds. The van der Waals surface area contributed by atoms with E-state index >= 15 is 0 Å². The molecule has 0 aliphatic rings. The number of aromatic nitrogens is 5. The number of benzene rings is 5. The molecule has 0 unspecified atom stereocenters. The van der Waals surface area contributed by atoms with E-state index < -0.39 is 0 Å². The van der Waals surface area contributed by atoms with Crippen LogP contribution < -0.4 is 0 Å². The van der Waals surface area contributed by atoms with Gasteiger partial charge in [-0.1, -0.05) is 121 Å². The molecule has 0 aliphatic carbocycles. The number of hydrogen-bond acceptors (Lipinski definition) is 5. The molecule has 4 heterocycles. The minimum atomic E-state index is 0.681. The van der Waals surface area contributed by atoms with Crippen LogP contribution in [0.15, 0.2) is 176 Å². The summed E-state index contributed by atoms with van der Waals surface area (Å²) in [6.45, 7) is 0. The first-order chi connectivity index (χ1) is 24.8. The van der Waals surface area contributed by atoms with Crippen LogP contribution in [0.25, 0.3) is 89.2 Å². The number of pyridine rings is 3. The van der Waals surface area contributed by atoms with E-state index in [2.05, 4.69) is 120 Å². The van der Waals surface area contributed by atoms with E-state index in [9.17, 15) is 0 Å². The zero-order valence-electron chi connectivity index (χ0n) is 27.0. The fourth-order valence-electron chi connectivity index (χ4n) is 6.52. The van der Waals surface area contributed by atoms with Crippen LogP contribution in [0, 0.1) is 0 Å². The summed E-state index contributed by atoms with van der Waals surface area (Å²) in [5, 5.41) is 3.39. The van der Waals surface area contributed by atoms with E-state index in [0.717, 1.165) is 78.0 Å². The summed E-state index contributed by atoms with van der Waals surface area (Å²) in [5.41, 5.74) is 11.7. The largest absolute Gasteiger partial charge is 0.264 e. The Balaban J connectivity index is 1.13. The predicted molar refractivity (Wildman–Crippen MR) is 203 cm³/mol. The standard InChI is InChI=1S/C45H29N5/c1-2-10-32(11-3-1)45-49-41(31-21-19-30(20-22-31)36-14-9-24-46-29-36)28-42(50-45)35-13-8-12-33(26-35)34-23-25-47-43(27-34)44-39-17-5-4-15-37(39)38-16-6-7-18-40(38)48-44/h1-29H. The Kier molecular flexibility index (Phi) is 7.41. The van der Waals surface area contributed by atoms with Crippen LogP contribution in [0.4, 0.5) is 0 Å². The number of nitrogens with zero attached hydrogens (tertiary/aromatic N) is 5. The van der Waals surface area contributed by atoms with Crippen molar-refractivity contribution in [2.24, 2.45) is 0 Å². The van der Waals surface area contributed by atoms with Gasteiger partial charge in [-0.15, -0.1) is 0 Å². The average Bonchev–Trinajstić information content (AvgIpc) is 3.21. The third-order valence-electron chi connectivity index (χ3n) is 9.04. The molecule has 0 bridgehead atoms. The van der Waals surface area contributed by atoms with Gasteiger partial charge in [-0.3, -0.25) is 9.97 Å². The molecule has 0 spiro atoms. The Bertz CT molecular complexity index is 2640. The van der Waals surface area contributed by atoms with Gasteiger partial charge in [0, 0.05) is 46.1 Å². The summed E-state index contributed by atoms with van der Waals surface area (Å²) in [5.74, 6) is 0.681. The van der Waals surface area contributed by atoms with Crippen molar-refractivity contribution in [3.63, 3.8) is 0 Å². The topological polar surface area (TPSA) is 64.5 Å². The summed E-state index contributed by atoms with van der Waals surface area (Å²) < 4.78 is 0. The van der Waals surface area contributed by atoms with E-state index in [4.69, 9.17) is 19.9 Å². The molecule has 0 saturated carbocycles. The van der Waals surface area contributed by atoms with Gasteiger partial charge in [-0.2, -0.15) is 0 Å². The van der Waals surface area contributed by atoms with Crippen molar-refractivity contribution in [3.8, 4) is 67.5 Å². The van der Waals surface area contributed by atoms with Crippen LogP contribution in [-0.2, 0) is 0 Å². The predicted octanol–water partition coefficient (Wildman–Crippen LogP) is 11.0. The van der Waals surface area contributed by atoms with E-state index in [1.54, 1.807) is 6.20 Å². The minimum Gasteiger partial charge on any atom is -0.264 e. The lowest BCUT2D eigenvalue weighted by Gasteiger charge is -2.12. The molecule has 50 heavy (non-hydrogen) atoms. The molecule has 0 radical (unpaired) electrons. The van der Waals surface area contributed by atoms with Crippen molar-refractivity contribution in [3.05, 3.63) is 176 Å². The lowest BCUT2D eigenvalue weighted by molar-refractivity contribution is 1.18. The zero-order chi connectivity index (χ0) is 33.3. The highest BCUT2D eigenvalue weighted by Crippen LogP contribution is 2.35. The molecule has 0 atom stereocenters. The maximum Gasteiger partial charge on any atom is 0.160 e. The van der Waals surface area contributed by atoms with Crippen LogP contribution >= 0.6 is 0 Å². The van der Waals surface area contributed by atoms with Crippen molar-refractivity contribution in [2.75, 3.05) is 0 Å². The van der Waals surface area contributed by atoms with Gasteiger partial charge in [0.05, 0.1) is 28.3 Å². The van der Waals surface area contributed by atoms with Crippen LogP contribution in [-0.4, -0.2) is 24.9 Å². The van der Waals surface area contributed by atoms with Gasteiger partial charge in [0.15, 0.2) is 5.82 Å². The molecule has 4 aromatic heterocycles. The highest BCUT2D eigenvalue weighted by Gasteiger charge is 2.14. The lowest BCUT2D eigenvalue weighted by atomic mass is 9.98. The third-order valence-corrected chi connectivity index (χ3v) is 9.04. The second-order valence-electron chi connectivity index (χ2n) is 12.2. The number of rotatable bonds is 6. The molecule has 0 N–H and O–H groups in total. The molecule has 0 aliphatic heterocycles. The number of fused-ring (bicyclic) bond motifs is 3. The summed E-state index contributed by atoms with van der Waals surface area (Å²) in [6, 6.07) is 54.1. The van der Waals surface area contributed by atoms with Gasteiger partial charge < -0.3 is 0 Å². The molecule has 9 rings (SSSR count). The molecule has 9 aromatic rings. The molecule has 0 saturated heterocycles. The van der Waals surface area contributed by atoms with Crippen LogP contribution in [0.1, 0.15) is 0 Å². The maximum atomic E-state index is 5.09. The van der Waals surface area contributed by atoms with Crippen LogP contribution in [0.2, 0.25) is 0 Å². The van der Waals surface area contributed by atoms with Gasteiger partial charge in [0.2, 0.25) is 0 Å². The van der Waals surface area contributed by atoms with Crippen molar-refractivity contribution in [1.29, 1.82) is 0 Å². The molecule has 5 heteroatoms. The Labute approximate surface area is 289 Å². The number of para-hydroxylation sites is 1. The van der Waals surface area contributed by atoms with Gasteiger partial charge in [-0.05, 0) is 64.0 Å². The summed E-state index contributed by atoms with van der Waals surface area (Å²) >= 11 is 0. The van der Waals surface area contributed by atoms with E-state index in [1.165, 1.54) is 5.39 Å². The normalized spacial score (nSPS) is 11.2. The molecule has 5 aromatic carbocycles. The first kappa shape index (κ1) is 29.3. The SMILES string of the molecule is c1ccc(-c2nc(-c3ccc(-c4cccnc4)cc3)cc(-c3cccc(-c4ccnc(-c5nc6ccccc6c6ccccc56)c4)c3)n2)cc1. The second-order valence-corrected chi connectivity index (χ2v) is 12.2. The van der Waals surface area contributed by atoms with Crippen molar-refractivity contribution < 1.29 is 0 Å². The Hall–Kier alpha value is -6.85. The first-order valence-corrected chi connectivity index (χ1v) is 16.6. The fourth-order valence-corrected chi connectivity index (χ4v) is 6.52. The quantitative estimate of drug-likeness (QED) is 0.169. The van der Waals surface area contributed by atoms with Gasteiger partial charge >= 0.3 is 0 Å². The average molecular weight is 640 g/mol. The van der Waals surface area contributed by atoms with E-state index in [-0.39, 0.29) is 0 Å². The number of hydrogen-bond donors (Lipinski definition) is 0. The Morgan fingerprint density at radius 1 is 0.340 bits per heavy atom. The zero-order valence-corrected chi connectivity index (χ0v) is 27.0. The third kappa shape index (κ3) is 5.57. The fraction of sp³-hybridized carbons (Fsp3) is 0. The second kappa shape index (κ2) is 12.6. The van der Waals surface area contributed by atoms with Crippen molar-refractivity contribution >= 4 is 21.7 Å². The van der Waals surface area contributed by atoms with Crippen LogP contribution in [0.5, 0.6) is 0 Å². The first-order valence-electron chi connectivity index (χ1n) is 16.6. The molecule has 0 fully saturated rings. The summed E-state index contributed by atoms with van der Waals surface area (Å²) in [4.78, 5) is 24.3. The lowest BCUT2D eigenvalue weighted by Crippen LogP contribution is -1.96. The van der Waals surface area contributed by atoms with Crippen molar-refractivity contribution in [1.82, 2.24) is 24.9 Å². The maximum absolute atomic E-state index is 5.09. The monoisotopic (exact) mass is 639 g/mol. The summed E-state index contributed by atoms with van der Waals surface area (Å²) in [7, 11) is 0. The summed E-state index contributed by atoms with van der Waals surface area (Å²) in [6.07, 6.45) is 5.54. The molecule has 234 valence electrons. The Morgan fingerprint density at radius 3 is 1.82 bits per heavy atom. The highest BCUT2D eigenvalue weighted by molar-refractivity contribution is 6.10. The van der Waals surface area contributed by atoms with Crippen LogP contribution in [0.3, 0.4) is 0 Å². The minimum absolute atomic E-state index is 0.681.